The molecule has 5 nitrogen and oxygen atoms in total. The second-order valence-electron chi connectivity index (χ2n) is 6.70. The van der Waals surface area contributed by atoms with Crippen LogP contribution >= 0.6 is 22.9 Å². The second-order valence-corrected chi connectivity index (χ2v) is 7.97. The van der Waals surface area contributed by atoms with Crippen LogP contribution < -0.4 is 10.2 Å². The molecular weight excluding hydrogens is 392 g/mol. The summed E-state index contributed by atoms with van der Waals surface area (Å²) in [4.78, 5) is 21.5. The van der Waals surface area contributed by atoms with Gasteiger partial charge in [0.2, 0.25) is 5.91 Å². The van der Waals surface area contributed by atoms with E-state index in [9.17, 15) is 4.79 Å². The van der Waals surface area contributed by atoms with Gasteiger partial charge in [0.15, 0.2) is 5.13 Å². The van der Waals surface area contributed by atoms with Crippen molar-refractivity contribution < 1.29 is 4.79 Å². The van der Waals surface area contributed by atoms with Gasteiger partial charge in [-0.15, -0.1) is 11.3 Å². The van der Waals surface area contributed by atoms with Crippen LogP contribution in [0, 0.1) is 0 Å². The topological polar surface area (TPSA) is 48.5 Å². The third kappa shape index (κ3) is 4.70. The summed E-state index contributed by atoms with van der Waals surface area (Å²) in [5.41, 5.74) is 2.93. The Bertz CT molecular complexity index is 921. The number of carbonyl (C=O) groups is 1. The van der Waals surface area contributed by atoms with Crippen LogP contribution in [0.1, 0.15) is 0 Å². The quantitative estimate of drug-likeness (QED) is 0.681. The number of anilines is 2. The van der Waals surface area contributed by atoms with Gasteiger partial charge >= 0.3 is 0 Å². The van der Waals surface area contributed by atoms with E-state index in [1.807, 2.05) is 30.3 Å². The van der Waals surface area contributed by atoms with Crippen LogP contribution in [0.4, 0.5) is 10.8 Å². The predicted octanol–water partition coefficient (Wildman–Crippen LogP) is 4.22. The Morgan fingerprint density at radius 1 is 1.04 bits per heavy atom. The van der Waals surface area contributed by atoms with Crippen molar-refractivity contribution in [2.45, 2.75) is 0 Å². The fraction of sp³-hybridized carbons (Fsp3) is 0.238. The number of aromatic nitrogens is 1. The molecule has 0 atom stereocenters. The van der Waals surface area contributed by atoms with Crippen LogP contribution in [0.2, 0.25) is 5.02 Å². The number of thiazole rings is 1. The maximum Gasteiger partial charge on any atom is 0.238 e. The van der Waals surface area contributed by atoms with Gasteiger partial charge in [-0.1, -0.05) is 41.9 Å². The second kappa shape index (κ2) is 8.73. The zero-order valence-corrected chi connectivity index (χ0v) is 16.9. The molecule has 0 aliphatic carbocycles. The Morgan fingerprint density at radius 3 is 2.46 bits per heavy atom. The Labute approximate surface area is 173 Å². The lowest BCUT2D eigenvalue weighted by atomic mass is 10.2. The van der Waals surface area contributed by atoms with E-state index in [0.717, 1.165) is 48.3 Å². The SMILES string of the molecule is O=C(CN1CCN(c2nc(-c3ccccc3)cs2)CC1)Nc1ccc(Cl)cc1. The van der Waals surface area contributed by atoms with E-state index in [1.165, 1.54) is 0 Å². The molecule has 1 aromatic heterocycles. The van der Waals surface area contributed by atoms with E-state index >= 15 is 0 Å². The van der Waals surface area contributed by atoms with Gasteiger partial charge in [-0.2, -0.15) is 0 Å². The molecule has 0 saturated carbocycles. The van der Waals surface area contributed by atoms with Crippen LogP contribution in [0.15, 0.2) is 60.0 Å². The van der Waals surface area contributed by atoms with Crippen molar-refractivity contribution in [3.63, 3.8) is 0 Å². The number of hydrogen-bond acceptors (Lipinski definition) is 5. The molecule has 0 spiro atoms. The number of hydrogen-bond donors (Lipinski definition) is 1. The Kier molecular flexibility index (Phi) is 5.90. The number of amides is 1. The van der Waals surface area contributed by atoms with Gasteiger partial charge < -0.3 is 10.2 Å². The first-order valence-electron chi connectivity index (χ1n) is 9.21. The number of carbonyl (C=O) groups excluding carboxylic acids is 1. The fourth-order valence-corrected chi connectivity index (χ4v) is 4.20. The molecule has 1 aliphatic heterocycles. The van der Waals surface area contributed by atoms with Crippen LogP contribution in [0.3, 0.4) is 0 Å². The molecule has 1 fully saturated rings. The lowest BCUT2D eigenvalue weighted by Gasteiger charge is -2.34. The molecule has 144 valence electrons. The van der Waals surface area contributed by atoms with Crippen molar-refractivity contribution in [2.75, 3.05) is 42.9 Å². The summed E-state index contributed by atoms with van der Waals surface area (Å²) in [6, 6.07) is 17.4. The number of nitrogens with one attached hydrogen (secondary N) is 1. The summed E-state index contributed by atoms with van der Waals surface area (Å²) in [5.74, 6) is -0.00335. The molecule has 3 aromatic rings. The van der Waals surface area contributed by atoms with E-state index in [-0.39, 0.29) is 5.91 Å². The monoisotopic (exact) mass is 412 g/mol. The number of nitrogens with zero attached hydrogens (tertiary/aromatic N) is 3. The number of rotatable bonds is 5. The van der Waals surface area contributed by atoms with Gasteiger partial charge in [-0.3, -0.25) is 9.69 Å². The standard InChI is InChI=1S/C21H21ClN4OS/c22-17-6-8-18(9-7-17)23-20(27)14-25-10-12-26(13-11-25)21-24-19(15-28-21)16-4-2-1-3-5-16/h1-9,15H,10-14H2,(H,23,27). The van der Waals surface area contributed by atoms with E-state index < -0.39 is 0 Å². The van der Waals surface area contributed by atoms with Crippen LogP contribution in [-0.2, 0) is 4.79 Å². The predicted molar refractivity (Wildman–Crippen MR) is 116 cm³/mol. The molecule has 0 radical (unpaired) electrons. The summed E-state index contributed by atoms with van der Waals surface area (Å²) < 4.78 is 0. The third-order valence-electron chi connectivity index (χ3n) is 4.70. The first-order chi connectivity index (χ1) is 13.7. The summed E-state index contributed by atoms with van der Waals surface area (Å²) in [7, 11) is 0. The van der Waals surface area contributed by atoms with Crippen molar-refractivity contribution >= 4 is 39.7 Å². The molecule has 1 aliphatic rings. The van der Waals surface area contributed by atoms with Crippen LogP contribution in [0.5, 0.6) is 0 Å². The van der Waals surface area contributed by atoms with Crippen LogP contribution in [0.25, 0.3) is 11.3 Å². The summed E-state index contributed by atoms with van der Waals surface area (Å²) in [6.07, 6.45) is 0. The minimum atomic E-state index is -0.00335. The highest BCUT2D eigenvalue weighted by Crippen LogP contribution is 2.27. The Hall–Kier alpha value is -2.41. The smallest absolute Gasteiger partial charge is 0.238 e. The fourth-order valence-electron chi connectivity index (χ4n) is 3.19. The molecule has 2 heterocycles. The first kappa shape index (κ1) is 18.9. The largest absolute Gasteiger partial charge is 0.346 e. The zero-order valence-electron chi connectivity index (χ0n) is 15.3. The highest BCUT2D eigenvalue weighted by molar-refractivity contribution is 7.14. The lowest BCUT2D eigenvalue weighted by Crippen LogP contribution is -2.48. The van der Waals surface area contributed by atoms with Gasteiger partial charge in [0.1, 0.15) is 0 Å². The van der Waals surface area contributed by atoms with Crippen molar-refractivity contribution in [1.82, 2.24) is 9.88 Å². The van der Waals surface area contributed by atoms with E-state index in [0.29, 0.717) is 11.6 Å². The van der Waals surface area contributed by atoms with Crippen molar-refractivity contribution in [2.24, 2.45) is 0 Å². The van der Waals surface area contributed by atoms with Gasteiger partial charge in [0.05, 0.1) is 12.2 Å². The zero-order chi connectivity index (χ0) is 19.3. The maximum atomic E-state index is 12.3. The molecule has 4 rings (SSSR count). The Morgan fingerprint density at radius 2 is 1.75 bits per heavy atom. The number of piperazine rings is 1. The van der Waals surface area contributed by atoms with Crippen LogP contribution in [-0.4, -0.2) is 48.5 Å². The van der Waals surface area contributed by atoms with E-state index in [2.05, 4.69) is 32.6 Å². The molecule has 7 heteroatoms. The molecule has 1 N–H and O–H groups in total. The van der Waals surface area contributed by atoms with Gasteiger partial charge in [0.25, 0.3) is 0 Å². The normalized spacial score (nSPS) is 14.8. The van der Waals surface area contributed by atoms with E-state index in [1.54, 1.807) is 23.5 Å². The minimum Gasteiger partial charge on any atom is -0.346 e. The molecule has 0 unspecified atom stereocenters. The average Bonchev–Trinajstić information content (AvgIpc) is 3.21. The van der Waals surface area contributed by atoms with Crippen molar-refractivity contribution in [3.8, 4) is 11.3 Å². The molecule has 1 saturated heterocycles. The van der Waals surface area contributed by atoms with Gasteiger partial charge in [0, 0.05) is 47.8 Å². The first-order valence-corrected chi connectivity index (χ1v) is 10.5. The number of halogens is 1. The van der Waals surface area contributed by atoms with E-state index in [4.69, 9.17) is 16.6 Å². The average molecular weight is 413 g/mol. The molecule has 1 amide bonds. The van der Waals surface area contributed by atoms with Crippen molar-refractivity contribution in [3.05, 3.63) is 65.0 Å². The molecule has 2 aromatic carbocycles. The molecular formula is C21H21ClN4OS. The highest BCUT2D eigenvalue weighted by atomic mass is 35.5. The summed E-state index contributed by atoms with van der Waals surface area (Å²) in [6.45, 7) is 3.82. The molecule has 0 bridgehead atoms. The highest BCUT2D eigenvalue weighted by Gasteiger charge is 2.21. The molecule has 28 heavy (non-hydrogen) atoms. The third-order valence-corrected chi connectivity index (χ3v) is 5.85. The maximum absolute atomic E-state index is 12.3. The summed E-state index contributed by atoms with van der Waals surface area (Å²) in [5, 5.41) is 6.73. The lowest BCUT2D eigenvalue weighted by molar-refractivity contribution is -0.117. The van der Waals surface area contributed by atoms with Crippen molar-refractivity contribution in [1.29, 1.82) is 0 Å². The Balaban J connectivity index is 1.28. The minimum absolute atomic E-state index is 0.00335. The van der Waals surface area contributed by atoms with Gasteiger partial charge in [-0.05, 0) is 24.3 Å². The summed E-state index contributed by atoms with van der Waals surface area (Å²) >= 11 is 7.55. The van der Waals surface area contributed by atoms with Gasteiger partial charge in [-0.25, -0.2) is 4.98 Å². The number of benzene rings is 2.